The molecule has 0 aromatic carbocycles. The Balaban J connectivity index is 0. The fourth-order valence-electron chi connectivity index (χ4n) is 3.11. The van der Waals surface area contributed by atoms with E-state index in [1.807, 2.05) is 48.5 Å². The molecule has 0 aliphatic heterocycles. The lowest BCUT2D eigenvalue weighted by Gasteiger charge is -2.35. The van der Waals surface area contributed by atoms with Gasteiger partial charge in [0.1, 0.15) is 0 Å². The largest absolute Gasteiger partial charge is 0.346 e. The third kappa shape index (κ3) is 9.78. The molecule has 1 amide bonds. The number of nitrogens with one attached hydrogen (secondary N) is 1. The second kappa shape index (κ2) is 11.6. The Morgan fingerprint density at radius 3 is 1.78 bits per heavy atom. The van der Waals surface area contributed by atoms with Crippen LogP contribution in [0.4, 0.5) is 0 Å². The second-order valence-corrected chi connectivity index (χ2v) is 7.53. The van der Waals surface area contributed by atoms with Crippen molar-refractivity contribution in [2.24, 2.45) is 10.8 Å². The van der Waals surface area contributed by atoms with Gasteiger partial charge in [0.15, 0.2) is 5.78 Å². The van der Waals surface area contributed by atoms with Crippen LogP contribution in [0.2, 0.25) is 0 Å². The first-order chi connectivity index (χ1) is 10.6. The molecule has 0 bridgehead atoms. The van der Waals surface area contributed by atoms with Gasteiger partial charge in [0.05, 0.1) is 6.04 Å². The molecule has 1 atom stereocenters. The smallest absolute Gasteiger partial charge is 0.221 e. The molecule has 1 fully saturated rings. The van der Waals surface area contributed by atoms with Gasteiger partial charge in [0.2, 0.25) is 5.91 Å². The maximum Gasteiger partial charge on any atom is 0.221 e. The summed E-state index contributed by atoms with van der Waals surface area (Å²) in [6.45, 7) is 17.7. The summed E-state index contributed by atoms with van der Waals surface area (Å²) in [6.07, 6.45) is 6.53. The minimum Gasteiger partial charge on any atom is -0.346 e. The van der Waals surface area contributed by atoms with Crippen LogP contribution in [0.3, 0.4) is 0 Å². The molecule has 1 aliphatic rings. The van der Waals surface area contributed by atoms with Gasteiger partial charge in [-0.15, -0.1) is 0 Å². The van der Waals surface area contributed by atoms with E-state index in [0.29, 0.717) is 6.42 Å². The van der Waals surface area contributed by atoms with E-state index < -0.39 is 0 Å². The van der Waals surface area contributed by atoms with Crippen LogP contribution in [-0.4, -0.2) is 17.7 Å². The van der Waals surface area contributed by atoms with Crippen LogP contribution in [0.5, 0.6) is 0 Å². The molecule has 0 radical (unpaired) electrons. The molecule has 1 N–H and O–H groups in total. The third-order valence-electron chi connectivity index (χ3n) is 4.23. The molecule has 1 rings (SSSR count). The number of rotatable bonds is 4. The molecule has 1 aliphatic carbocycles. The first-order valence-corrected chi connectivity index (χ1v) is 9.44. The highest BCUT2D eigenvalue weighted by Gasteiger charge is 2.33. The van der Waals surface area contributed by atoms with Gasteiger partial charge in [-0.1, -0.05) is 74.7 Å². The number of carbonyl (C=O) groups is 2. The maximum atomic E-state index is 12.2. The molecule has 23 heavy (non-hydrogen) atoms. The van der Waals surface area contributed by atoms with E-state index in [9.17, 15) is 9.59 Å². The van der Waals surface area contributed by atoms with Crippen molar-refractivity contribution in [3.63, 3.8) is 0 Å². The van der Waals surface area contributed by atoms with Gasteiger partial charge < -0.3 is 5.32 Å². The number of carbonyl (C=O) groups excluding carboxylic acids is 2. The number of amides is 1. The van der Waals surface area contributed by atoms with E-state index in [1.54, 1.807) is 6.92 Å². The molecule has 1 saturated carbocycles. The lowest BCUT2D eigenvalue weighted by Crippen LogP contribution is -2.49. The SMILES string of the molecule is CC.CC.CC(=O)C(NC(=O)CC1(C)CCCCC1)C(C)(C)C. The van der Waals surface area contributed by atoms with E-state index in [0.717, 1.165) is 12.8 Å². The molecule has 0 aromatic rings. The first kappa shape index (κ1) is 24.4. The van der Waals surface area contributed by atoms with Crippen molar-refractivity contribution >= 4 is 11.7 Å². The number of hydrogen-bond acceptors (Lipinski definition) is 2. The molecule has 3 nitrogen and oxygen atoms in total. The third-order valence-corrected chi connectivity index (χ3v) is 4.23. The zero-order valence-electron chi connectivity index (χ0n) is 17.1. The van der Waals surface area contributed by atoms with E-state index in [2.05, 4.69) is 12.2 Å². The number of Topliss-reactive ketones (excluding diaryl/α,β-unsaturated/α-hetero) is 1. The Morgan fingerprint density at radius 2 is 1.43 bits per heavy atom. The minimum atomic E-state index is -0.382. The Hall–Kier alpha value is -0.860. The van der Waals surface area contributed by atoms with Gasteiger partial charge in [-0.05, 0) is 30.6 Å². The molecule has 138 valence electrons. The highest BCUT2D eigenvalue weighted by atomic mass is 16.2. The quantitative estimate of drug-likeness (QED) is 0.739. The topological polar surface area (TPSA) is 46.2 Å². The van der Waals surface area contributed by atoms with Crippen molar-refractivity contribution in [3.05, 3.63) is 0 Å². The zero-order chi connectivity index (χ0) is 18.7. The summed E-state index contributed by atoms with van der Waals surface area (Å²) < 4.78 is 0. The van der Waals surface area contributed by atoms with Crippen molar-refractivity contribution in [2.75, 3.05) is 0 Å². The summed E-state index contributed by atoms with van der Waals surface area (Å²) in [5.74, 6) is 0.0640. The summed E-state index contributed by atoms with van der Waals surface area (Å²) in [7, 11) is 0. The van der Waals surface area contributed by atoms with Gasteiger partial charge in [0, 0.05) is 6.42 Å². The van der Waals surface area contributed by atoms with Crippen LogP contribution < -0.4 is 5.32 Å². The van der Waals surface area contributed by atoms with Gasteiger partial charge >= 0.3 is 0 Å². The van der Waals surface area contributed by atoms with E-state index in [-0.39, 0.29) is 28.6 Å². The molecule has 0 saturated heterocycles. The van der Waals surface area contributed by atoms with Crippen molar-refractivity contribution < 1.29 is 9.59 Å². The predicted octanol–water partition coefficient (Wildman–Crippen LogP) is 5.52. The van der Waals surface area contributed by atoms with Gasteiger partial charge in [-0.2, -0.15) is 0 Å². The van der Waals surface area contributed by atoms with Crippen LogP contribution in [0.25, 0.3) is 0 Å². The van der Waals surface area contributed by atoms with Crippen LogP contribution in [-0.2, 0) is 9.59 Å². The second-order valence-electron chi connectivity index (χ2n) is 7.53. The molecule has 0 aromatic heterocycles. The van der Waals surface area contributed by atoms with E-state index in [1.165, 1.54) is 19.3 Å². The lowest BCUT2D eigenvalue weighted by molar-refractivity contribution is -0.130. The predicted molar refractivity (Wildman–Crippen MR) is 101 cm³/mol. The van der Waals surface area contributed by atoms with Crippen LogP contribution in [0, 0.1) is 10.8 Å². The van der Waals surface area contributed by atoms with Crippen molar-refractivity contribution in [1.29, 1.82) is 0 Å². The number of ketones is 1. The Kier molecular flexibility index (Phi) is 12.3. The zero-order valence-corrected chi connectivity index (χ0v) is 17.1. The fourth-order valence-corrected chi connectivity index (χ4v) is 3.11. The summed E-state index contributed by atoms with van der Waals surface area (Å²) >= 11 is 0. The molecular formula is C20H41NO2. The van der Waals surface area contributed by atoms with Crippen LogP contribution in [0.1, 0.15) is 101 Å². The Labute approximate surface area is 145 Å². The summed E-state index contributed by atoms with van der Waals surface area (Å²) in [6, 6.07) is -0.382. The summed E-state index contributed by atoms with van der Waals surface area (Å²) in [5, 5.41) is 2.94. The van der Waals surface area contributed by atoms with Gasteiger partial charge in [0.25, 0.3) is 0 Å². The Bertz CT molecular complexity index is 336. The molecule has 3 heteroatoms. The summed E-state index contributed by atoms with van der Waals surface area (Å²) in [5.41, 5.74) is -0.101. The average molecular weight is 328 g/mol. The fraction of sp³-hybridized carbons (Fsp3) is 0.900. The molecular weight excluding hydrogens is 286 g/mol. The van der Waals surface area contributed by atoms with E-state index in [4.69, 9.17) is 0 Å². The van der Waals surface area contributed by atoms with Crippen LogP contribution in [0.15, 0.2) is 0 Å². The lowest BCUT2D eigenvalue weighted by atomic mass is 9.73. The Morgan fingerprint density at radius 1 is 1.00 bits per heavy atom. The standard InChI is InChI=1S/C16H29NO2.2C2H6/c1-12(18)14(15(2,3)4)17-13(19)11-16(5)9-7-6-8-10-16;2*1-2/h14H,6-11H2,1-5H3,(H,17,19);2*1-2H3. The normalized spacial score (nSPS) is 17.6. The average Bonchev–Trinajstić information content (AvgIpc) is 2.48. The van der Waals surface area contributed by atoms with Gasteiger partial charge in [-0.3, -0.25) is 9.59 Å². The molecule has 0 spiro atoms. The van der Waals surface area contributed by atoms with E-state index >= 15 is 0 Å². The first-order valence-electron chi connectivity index (χ1n) is 9.44. The number of hydrogen-bond donors (Lipinski definition) is 1. The minimum absolute atomic E-state index is 0.0273. The van der Waals surface area contributed by atoms with Crippen molar-refractivity contribution in [1.82, 2.24) is 5.32 Å². The van der Waals surface area contributed by atoms with Crippen molar-refractivity contribution in [2.45, 2.75) is 107 Å². The molecule has 0 heterocycles. The van der Waals surface area contributed by atoms with Gasteiger partial charge in [-0.25, -0.2) is 0 Å². The van der Waals surface area contributed by atoms with Crippen molar-refractivity contribution in [3.8, 4) is 0 Å². The summed E-state index contributed by atoms with van der Waals surface area (Å²) in [4.78, 5) is 23.9. The monoisotopic (exact) mass is 327 g/mol. The maximum absolute atomic E-state index is 12.2. The highest BCUT2D eigenvalue weighted by molar-refractivity contribution is 5.88. The highest BCUT2D eigenvalue weighted by Crippen LogP contribution is 2.38. The van der Waals surface area contributed by atoms with Crippen LogP contribution >= 0.6 is 0 Å². The molecule has 1 unspecified atom stereocenters.